The molecule has 1 aliphatic heterocycles. The zero-order valence-corrected chi connectivity index (χ0v) is 10.2. The molecule has 0 atom stereocenters. The fraction of sp³-hybridized carbons (Fsp3) is 0.500. The van der Waals surface area contributed by atoms with Crippen molar-refractivity contribution in [1.82, 2.24) is 19.3 Å². The van der Waals surface area contributed by atoms with E-state index < -0.39 is 0 Å². The van der Waals surface area contributed by atoms with Crippen LogP contribution in [0.25, 0.3) is 5.65 Å². The Labute approximate surface area is 106 Å². The first-order valence-electron chi connectivity index (χ1n) is 6.25. The van der Waals surface area contributed by atoms with E-state index in [1.54, 1.807) is 12.4 Å². The number of anilines is 1. The number of rotatable bonds is 4. The van der Waals surface area contributed by atoms with Crippen LogP contribution in [-0.2, 0) is 4.74 Å². The number of hydrogen-bond acceptors (Lipinski definition) is 5. The lowest BCUT2D eigenvalue weighted by Gasteiger charge is -2.26. The van der Waals surface area contributed by atoms with Gasteiger partial charge in [-0.25, -0.2) is 9.97 Å². The Morgan fingerprint density at radius 3 is 2.78 bits per heavy atom. The number of hydrogen-bond donors (Lipinski definition) is 1. The summed E-state index contributed by atoms with van der Waals surface area (Å²) in [5.74, 6) is 0.843. The van der Waals surface area contributed by atoms with Gasteiger partial charge in [0, 0.05) is 51.0 Å². The minimum absolute atomic E-state index is 0.841. The molecular weight excluding hydrogens is 230 g/mol. The second kappa shape index (κ2) is 5.32. The minimum atomic E-state index is 0.841. The predicted molar refractivity (Wildman–Crippen MR) is 68.7 cm³/mol. The van der Waals surface area contributed by atoms with Crippen LogP contribution in [0.5, 0.6) is 0 Å². The molecule has 2 aromatic rings. The van der Waals surface area contributed by atoms with Crippen LogP contribution in [0.15, 0.2) is 24.8 Å². The second-order valence-corrected chi connectivity index (χ2v) is 4.31. The molecule has 0 saturated carbocycles. The molecule has 96 valence electrons. The van der Waals surface area contributed by atoms with E-state index >= 15 is 0 Å². The standard InChI is InChI=1S/C12H17N5O/c1(4-16-7-9-18-10-8-16)13-11-12-15-3-6-17(12)5-2-14-11/h2-3,5-6H,1,4,7-10H2,(H,13,14). The van der Waals surface area contributed by atoms with Crippen molar-refractivity contribution in [2.24, 2.45) is 0 Å². The molecular formula is C12H17N5O. The Kier molecular flexibility index (Phi) is 3.38. The molecule has 3 heterocycles. The van der Waals surface area contributed by atoms with Gasteiger partial charge in [-0.1, -0.05) is 0 Å². The number of nitrogens with one attached hydrogen (secondary N) is 1. The van der Waals surface area contributed by atoms with Crippen LogP contribution in [0.1, 0.15) is 0 Å². The third kappa shape index (κ3) is 2.44. The number of fused-ring (bicyclic) bond motifs is 1. The Balaban J connectivity index is 1.57. The van der Waals surface area contributed by atoms with Crippen LogP contribution in [0.4, 0.5) is 5.82 Å². The Morgan fingerprint density at radius 2 is 1.94 bits per heavy atom. The van der Waals surface area contributed by atoms with Crippen LogP contribution < -0.4 is 5.32 Å². The molecule has 0 amide bonds. The smallest absolute Gasteiger partial charge is 0.180 e. The molecule has 1 aliphatic rings. The van der Waals surface area contributed by atoms with Gasteiger partial charge in [0.05, 0.1) is 13.2 Å². The topological polar surface area (TPSA) is 54.7 Å². The molecule has 2 aromatic heterocycles. The van der Waals surface area contributed by atoms with E-state index in [9.17, 15) is 0 Å². The minimum Gasteiger partial charge on any atom is -0.379 e. The molecule has 0 aromatic carbocycles. The van der Waals surface area contributed by atoms with E-state index in [1.165, 1.54) is 0 Å². The third-order valence-electron chi connectivity index (χ3n) is 3.14. The number of aromatic nitrogens is 3. The molecule has 0 spiro atoms. The lowest BCUT2D eigenvalue weighted by Crippen LogP contribution is -2.39. The van der Waals surface area contributed by atoms with Crippen molar-refractivity contribution in [2.45, 2.75) is 0 Å². The van der Waals surface area contributed by atoms with Crippen LogP contribution in [0.2, 0.25) is 0 Å². The number of imidazole rings is 1. The molecule has 1 N–H and O–H groups in total. The van der Waals surface area contributed by atoms with Crippen molar-refractivity contribution in [1.29, 1.82) is 0 Å². The Morgan fingerprint density at radius 1 is 1.17 bits per heavy atom. The van der Waals surface area contributed by atoms with Gasteiger partial charge in [-0.15, -0.1) is 0 Å². The van der Waals surface area contributed by atoms with Gasteiger partial charge in [-0.05, 0) is 0 Å². The molecule has 0 aliphatic carbocycles. The fourth-order valence-corrected chi connectivity index (χ4v) is 2.14. The van der Waals surface area contributed by atoms with Gasteiger partial charge in [0.15, 0.2) is 11.5 Å². The van der Waals surface area contributed by atoms with E-state index in [-0.39, 0.29) is 0 Å². The normalized spacial score (nSPS) is 17.1. The maximum absolute atomic E-state index is 5.32. The molecule has 3 rings (SSSR count). The maximum atomic E-state index is 5.32. The van der Waals surface area contributed by atoms with E-state index in [1.807, 2.05) is 16.8 Å². The van der Waals surface area contributed by atoms with Gasteiger partial charge >= 0.3 is 0 Å². The van der Waals surface area contributed by atoms with Gasteiger partial charge in [-0.3, -0.25) is 4.90 Å². The lowest BCUT2D eigenvalue weighted by molar-refractivity contribution is 0.0398. The fourth-order valence-electron chi connectivity index (χ4n) is 2.14. The van der Waals surface area contributed by atoms with Crippen molar-refractivity contribution < 1.29 is 4.74 Å². The van der Waals surface area contributed by atoms with Crippen LogP contribution in [0, 0.1) is 0 Å². The number of ether oxygens (including phenoxy) is 1. The summed E-state index contributed by atoms with van der Waals surface area (Å²) in [5.41, 5.74) is 0.875. The summed E-state index contributed by atoms with van der Waals surface area (Å²) < 4.78 is 7.29. The van der Waals surface area contributed by atoms with Gasteiger partial charge in [0.25, 0.3) is 0 Å². The van der Waals surface area contributed by atoms with Crippen molar-refractivity contribution in [2.75, 3.05) is 44.7 Å². The summed E-state index contributed by atoms with van der Waals surface area (Å²) in [7, 11) is 0. The largest absolute Gasteiger partial charge is 0.379 e. The van der Waals surface area contributed by atoms with Crippen molar-refractivity contribution in [3.05, 3.63) is 24.8 Å². The highest BCUT2D eigenvalue weighted by Gasteiger charge is 2.10. The molecule has 18 heavy (non-hydrogen) atoms. The second-order valence-electron chi connectivity index (χ2n) is 4.31. The van der Waals surface area contributed by atoms with Gasteiger partial charge in [0.2, 0.25) is 0 Å². The maximum Gasteiger partial charge on any atom is 0.180 e. The van der Waals surface area contributed by atoms with Gasteiger partial charge < -0.3 is 14.5 Å². The van der Waals surface area contributed by atoms with Crippen molar-refractivity contribution in [3.8, 4) is 0 Å². The summed E-state index contributed by atoms with van der Waals surface area (Å²) >= 11 is 0. The Hall–Kier alpha value is -1.66. The highest BCUT2D eigenvalue weighted by atomic mass is 16.5. The van der Waals surface area contributed by atoms with Gasteiger partial charge in [-0.2, -0.15) is 0 Å². The number of morpholine rings is 1. The molecule has 1 saturated heterocycles. The molecule has 0 radical (unpaired) electrons. The molecule has 6 heteroatoms. The summed E-state index contributed by atoms with van der Waals surface area (Å²) in [5, 5.41) is 3.34. The monoisotopic (exact) mass is 247 g/mol. The summed E-state index contributed by atoms with van der Waals surface area (Å²) in [6, 6.07) is 0. The molecule has 0 unspecified atom stereocenters. The zero-order chi connectivity index (χ0) is 12.2. The van der Waals surface area contributed by atoms with Crippen LogP contribution in [-0.4, -0.2) is 58.7 Å². The first-order chi connectivity index (χ1) is 8.93. The van der Waals surface area contributed by atoms with Crippen LogP contribution >= 0.6 is 0 Å². The number of nitrogens with zero attached hydrogens (tertiary/aromatic N) is 4. The van der Waals surface area contributed by atoms with E-state index in [0.29, 0.717) is 0 Å². The van der Waals surface area contributed by atoms with E-state index in [0.717, 1.165) is 50.9 Å². The summed E-state index contributed by atoms with van der Waals surface area (Å²) in [4.78, 5) is 11.0. The predicted octanol–water partition coefficient (Wildman–Crippen LogP) is 0.473. The van der Waals surface area contributed by atoms with Crippen LogP contribution in [0.3, 0.4) is 0 Å². The SMILES string of the molecule is c1cn2ccnc2c(NCCN2CCOCC2)n1. The highest BCUT2D eigenvalue weighted by molar-refractivity contribution is 5.62. The first kappa shape index (κ1) is 11.4. The molecule has 6 nitrogen and oxygen atoms in total. The average molecular weight is 247 g/mol. The Bertz CT molecular complexity index is 506. The third-order valence-corrected chi connectivity index (χ3v) is 3.14. The van der Waals surface area contributed by atoms with E-state index in [2.05, 4.69) is 20.2 Å². The van der Waals surface area contributed by atoms with Crippen molar-refractivity contribution in [3.63, 3.8) is 0 Å². The highest BCUT2D eigenvalue weighted by Crippen LogP contribution is 2.10. The van der Waals surface area contributed by atoms with E-state index in [4.69, 9.17) is 4.74 Å². The zero-order valence-electron chi connectivity index (χ0n) is 10.2. The summed E-state index contributed by atoms with van der Waals surface area (Å²) in [6.07, 6.45) is 7.38. The first-order valence-corrected chi connectivity index (χ1v) is 6.25. The van der Waals surface area contributed by atoms with Gasteiger partial charge in [0.1, 0.15) is 0 Å². The van der Waals surface area contributed by atoms with Crippen molar-refractivity contribution >= 4 is 11.5 Å². The lowest BCUT2D eigenvalue weighted by atomic mass is 10.4. The summed E-state index contributed by atoms with van der Waals surface area (Å²) in [6.45, 7) is 5.60. The molecule has 1 fully saturated rings. The quantitative estimate of drug-likeness (QED) is 0.851. The average Bonchev–Trinajstić information content (AvgIpc) is 2.89. The molecule has 0 bridgehead atoms.